The molecule has 0 fully saturated rings. The third-order valence-corrected chi connectivity index (χ3v) is 6.56. The van der Waals surface area contributed by atoms with Crippen LogP contribution in [0.1, 0.15) is 36.6 Å². The van der Waals surface area contributed by atoms with Gasteiger partial charge in [-0.15, -0.1) is 0 Å². The summed E-state index contributed by atoms with van der Waals surface area (Å²) in [5.74, 6) is 2.87. The summed E-state index contributed by atoms with van der Waals surface area (Å²) in [5.41, 5.74) is 3.14. The van der Waals surface area contributed by atoms with Crippen molar-refractivity contribution in [1.82, 2.24) is 0 Å². The summed E-state index contributed by atoms with van der Waals surface area (Å²) in [6.07, 6.45) is 2.29. The molecule has 1 heterocycles. The zero-order valence-corrected chi connectivity index (χ0v) is 15.1. The highest BCUT2D eigenvalue weighted by Crippen LogP contribution is 2.47. The second-order valence-corrected chi connectivity index (χ2v) is 7.89. The maximum Gasteiger partial charge on any atom is 0.161 e. The van der Waals surface area contributed by atoms with Crippen molar-refractivity contribution in [2.75, 3.05) is 25.3 Å². The molecular formula is C16H23BrO2S. The van der Waals surface area contributed by atoms with Gasteiger partial charge in [-0.1, -0.05) is 29.8 Å². The first kappa shape index (κ1) is 16.0. The van der Waals surface area contributed by atoms with Crippen LogP contribution >= 0.6 is 27.7 Å². The molecule has 1 aliphatic heterocycles. The zero-order valence-electron chi connectivity index (χ0n) is 12.7. The van der Waals surface area contributed by atoms with Crippen molar-refractivity contribution >= 4 is 27.7 Å². The standard InChI is InChI=1S/C16H23BrO2S/c1-16(2,10-17)9-15-12-8-14(19-4)13(18-3)7-11(12)5-6-20-15/h7-8,15H,5-6,9-10H2,1-4H3. The fourth-order valence-corrected chi connectivity index (χ4v) is 4.40. The normalized spacial score (nSPS) is 18.6. The maximum atomic E-state index is 5.46. The van der Waals surface area contributed by atoms with Crippen molar-refractivity contribution in [2.24, 2.45) is 5.41 Å². The van der Waals surface area contributed by atoms with Crippen molar-refractivity contribution in [3.05, 3.63) is 23.3 Å². The molecule has 0 radical (unpaired) electrons. The Morgan fingerprint density at radius 2 is 1.90 bits per heavy atom. The van der Waals surface area contributed by atoms with Gasteiger partial charge in [0.1, 0.15) is 0 Å². The summed E-state index contributed by atoms with van der Waals surface area (Å²) in [6.45, 7) is 4.63. The maximum absolute atomic E-state index is 5.46. The van der Waals surface area contributed by atoms with E-state index in [1.54, 1.807) is 14.2 Å². The van der Waals surface area contributed by atoms with E-state index in [9.17, 15) is 0 Å². The summed E-state index contributed by atoms with van der Waals surface area (Å²) in [6, 6.07) is 4.33. The summed E-state index contributed by atoms with van der Waals surface area (Å²) >= 11 is 5.70. The summed E-state index contributed by atoms with van der Waals surface area (Å²) < 4.78 is 10.9. The fourth-order valence-electron chi connectivity index (χ4n) is 2.58. The molecular weight excluding hydrogens is 336 g/mol. The summed E-state index contributed by atoms with van der Waals surface area (Å²) in [5, 5.41) is 1.57. The summed E-state index contributed by atoms with van der Waals surface area (Å²) in [4.78, 5) is 0. The Morgan fingerprint density at radius 3 is 2.50 bits per heavy atom. The van der Waals surface area contributed by atoms with E-state index in [-0.39, 0.29) is 0 Å². The third kappa shape index (κ3) is 3.45. The topological polar surface area (TPSA) is 18.5 Å². The van der Waals surface area contributed by atoms with Gasteiger partial charge in [-0.3, -0.25) is 0 Å². The third-order valence-electron chi connectivity index (χ3n) is 3.78. The van der Waals surface area contributed by atoms with Crippen molar-refractivity contribution in [1.29, 1.82) is 0 Å². The second-order valence-electron chi connectivity index (χ2n) is 6.02. The van der Waals surface area contributed by atoms with E-state index in [4.69, 9.17) is 9.47 Å². The Hall–Kier alpha value is -0.350. The number of hydrogen-bond donors (Lipinski definition) is 0. The van der Waals surface area contributed by atoms with Crippen LogP contribution in [0.15, 0.2) is 12.1 Å². The molecule has 0 saturated heterocycles. The van der Waals surface area contributed by atoms with Gasteiger partial charge in [0.2, 0.25) is 0 Å². The Kier molecular flexibility index (Phi) is 5.30. The summed E-state index contributed by atoms with van der Waals surface area (Å²) in [7, 11) is 3.41. The van der Waals surface area contributed by atoms with Crippen LogP contribution in [0.25, 0.3) is 0 Å². The molecule has 0 amide bonds. The molecule has 0 aliphatic carbocycles. The molecule has 0 saturated carbocycles. The van der Waals surface area contributed by atoms with E-state index < -0.39 is 0 Å². The molecule has 1 aromatic rings. The number of benzene rings is 1. The molecule has 1 atom stereocenters. The van der Waals surface area contributed by atoms with Crippen LogP contribution in [0.2, 0.25) is 0 Å². The molecule has 2 nitrogen and oxygen atoms in total. The van der Waals surface area contributed by atoms with Gasteiger partial charge in [0.05, 0.1) is 14.2 Å². The average molecular weight is 359 g/mol. The van der Waals surface area contributed by atoms with Crippen LogP contribution < -0.4 is 9.47 Å². The highest BCUT2D eigenvalue weighted by atomic mass is 79.9. The molecule has 0 spiro atoms. The predicted molar refractivity (Wildman–Crippen MR) is 90.6 cm³/mol. The molecule has 0 aromatic heterocycles. The number of halogens is 1. The van der Waals surface area contributed by atoms with Gasteiger partial charge in [-0.2, -0.15) is 11.8 Å². The number of alkyl halides is 1. The zero-order chi connectivity index (χ0) is 14.8. The van der Waals surface area contributed by atoms with E-state index in [1.807, 2.05) is 0 Å². The number of rotatable bonds is 5. The minimum absolute atomic E-state index is 0.305. The van der Waals surface area contributed by atoms with Gasteiger partial charge in [0.25, 0.3) is 0 Å². The molecule has 1 unspecified atom stereocenters. The monoisotopic (exact) mass is 358 g/mol. The van der Waals surface area contributed by atoms with E-state index in [1.165, 1.54) is 23.3 Å². The minimum atomic E-state index is 0.305. The Balaban J connectivity index is 2.34. The van der Waals surface area contributed by atoms with Crippen molar-refractivity contribution in [3.8, 4) is 11.5 Å². The van der Waals surface area contributed by atoms with Crippen LogP contribution in [0.4, 0.5) is 0 Å². The Morgan fingerprint density at radius 1 is 1.25 bits per heavy atom. The van der Waals surface area contributed by atoms with Crippen molar-refractivity contribution in [3.63, 3.8) is 0 Å². The van der Waals surface area contributed by atoms with Crippen LogP contribution in [0.3, 0.4) is 0 Å². The predicted octanol–water partition coefficient (Wildman–Crippen LogP) is 4.85. The van der Waals surface area contributed by atoms with Crippen LogP contribution in [0, 0.1) is 5.41 Å². The molecule has 2 rings (SSSR count). The van der Waals surface area contributed by atoms with Crippen LogP contribution in [0.5, 0.6) is 11.5 Å². The highest BCUT2D eigenvalue weighted by molar-refractivity contribution is 9.09. The van der Waals surface area contributed by atoms with Gasteiger partial charge in [-0.05, 0) is 47.3 Å². The van der Waals surface area contributed by atoms with Gasteiger partial charge in [-0.25, -0.2) is 0 Å². The van der Waals surface area contributed by atoms with Gasteiger partial charge in [0.15, 0.2) is 11.5 Å². The largest absolute Gasteiger partial charge is 0.493 e. The van der Waals surface area contributed by atoms with E-state index in [2.05, 4.69) is 53.7 Å². The highest BCUT2D eigenvalue weighted by Gasteiger charge is 2.29. The van der Waals surface area contributed by atoms with Gasteiger partial charge in [0, 0.05) is 10.6 Å². The first-order valence-corrected chi connectivity index (χ1v) is 9.10. The lowest BCUT2D eigenvalue weighted by Crippen LogP contribution is -2.19. The van der Waals surface area contributed by atoms with Gasteiger partial charge >= 0.3 is 0 Å². The van der Waals surface area contributed by atoms with Gasteiger partial charge < -0.3 is 9.47 Å². The van der Waals surface area contributed by atoms with Crippen molar-refractivity contribution < 1.29 is 9.47 Å². The lowest BCUT2D eigenvalue weighted by atomic mass is 9.86. The van der Waals surface area contributed by atoms with Crippen LogP contribution in [-0.2, 0) is 6.42 Å². The lowest BCUT2D eigenvalue weighted by molar-refractivity contribution is 0.352. The van der Waals surface area contributed by atoms with E-state index in [0.29, 0.717) is 10.7 Å². The molecule has 0 bridgehead atoms. The second kappa shape index (κ2) is 6.61. The number of thioether (sulfide) groups is 1. The Labute approximate surface area is 134 Å². The van der Waals surface area contributed by atoms with E-state index in [0.717, 1.165) is 23.2 Å². The lowest BCUT2D eigenvalue weighted by Gasteiger charge is -2.32. The molecule has 20 heavy (non-hydrogen) atoms. The smallest absolute Gasteiger partial charge is 0.161 e. The number of aryl methyl sites for hydroxylation is 1. The van der Waals surface area contributed by atoms with Crippen molar-refractivity contribution in [2.45, 2.75) is 31.9 Å². The average Bonchev–Trinajstić information content (AvgIpc) is 2.46. The molecule has 1 aromatic carbocycles. The molecule has 4 heteroatoms. The fraction of sp³-hybridized carbons (Fsp3) is 0.625. The molecule has 112 valence electrons. The quantitative estimate of drug-likeness (QED) is 0.701. The number of hydrogen-bond acceptors (Lipinski definition) is 3. The minimum Gasteiger partial charge on any atom is -0.493 e. The first-order chi connectivity index (χ1) is 9.50. The Bertz CT molecular complexity index is 474. The number of fused-ring (bicyclic) bond motifs is 1. The first-order valence-electron chi connectivity index (χ1n) is 6.93. The SMILES string of the molecule is COc1cc2c(cc1OC)C(CC(C)(C)CBr)SCC2. The number of methoxy groups -OCH3 is 2. The number of ether oxygens (including phenoxy) is 2. The van der Waals surface area contributed by atoms with Crippen LogP contribution in [-0.4, -0.2) is 25.3 Å². The molecule has 1 aliphatic rings. The van der Waals surface area contributed by atoms with E-state index >= 15 is 0 Å². The molecule has 0 N–H and O–H groups in total.